The number of aromatic nitrogens is 3. The van der Waals surface area contributed by atoms with Gasteiger partial charge >= 0.3 is 0 Å². The van der Waals surface area contributed by atoms with Gasteiger partial charge in [-0.05, 0) is 12.8 Å². The van der Waals surface area contributed by atoms with E-state index >= 15 is 0 Å². The van der Waals surface area contributed by atoms with Gasteiger partial charge in [0.1, 0.15) is 6.61 Å². The van der Waals surface area contributed by atoms with E-state index in [1.54, 1.807) is 0 Å². The largest absolute Gasteiger partial charge is 0.475 e. The molecule has 0 saturated carbocycles. The molecule has 0 amide bonds. The molecule has 2 aromatic rings. The smallest absolute Gasteiger partial charge is 0.232 e. The maximum absolute atomic E-state index is 13.3. The summed E-state index contributed by atoms with van der Waals surface area (Å²) in [6.07, 6.45) is 5.34. The predicted molar refractivity (Wildman–Crippen MR) is 83.8 cm³/mol. The molecule has 8 heteroatoms. The Morgan fingerprint density at radius 2 is 2.12 bits per heavy atom. The zero-order valence-corrected chi connectivity index (χ0v) is 13.5. The van der Waals surface area contributed by atoms with Gasteiger partial charge in [-0.2, -0.15) is 9.65 Å². The summed E-state index contributed by atoms with van der Waals surface area (Å²) in [4.78, 5) is 11.8. The van der Waals surface area contributed by atoms with Crippen LogP contribution in [0.3, 0.4) is 0 Å². The number of ether oxygens (including phenoxy) is 2. The summed E-state index contributed by atoms with van der Waals surface area (Å²) in [5.41, 5.74) is 0.163. The molecule has 0 unspecified atom stereocenters. The highest BCUT2D eigenvalue weighted by atomic mass is 35.5. The quantitative estimate of drug-likeness (QED) is 0.790. The Morgan fingerprint density at radius 1 is 1.33 bits per heavy atom. The molecular weight excluding hydrogens is 335 g/mol. The summed E-state index contributed by atoms with van der Waals surface area (Å²) in [5, 5.41) is 9.70. The molecule has 24 heavy (non-hydrogen) atoms. The molecule has 1 saturated heterocycles. The van der Waals surface area contributed by atoms with Crippen LogP contribution in [0.25, 0.3) is 11.3 Å². The second-order valence-electron chi connectivity index (χ2n) is 5.52. The fourth-order valence-corrected chi connectivity index (χ4v) is 2.62. The first-order valence-electron chi connectivity index (χ1n) is 7.37. The first-order valence-corrected chi connectivity index (χ1v) is 7.75. The molecule has 3 heterocycles. The third-order valence-electron chi connectivity index (χ3n) is 3.89. The van der Waals surface area contributed by atoms with Gasteiger partial charge in [0, 0.05) is 31.0 Å². The Morgan fingerprint density at radius 3 is 2.88 bits per heavy atom. The van der Waals surface area contributed by atoms with Crippen LogP contribution < -0.4 is 4.74 Å². The van der Waals surface area contributed by atoms with Gasteiger partial charge < -0.3 is 9.47 Å². The molecular formula is C16H14ClFN4O2. The van der Waals surface area contributed by atoms with Gasteiger partial charge in [-0.1, -0.05) is 11.6 Å². The van der Waals surface area contributed by atoms with Crippen LogP contribution in [0.1, 0.15) is 12.8 Å². The summed E-state index contributed by atoms with van der Waals surface area (Å²) in [6.45, 7) is 1.27. The monoisotopic (exact) mass is 348 g/mol. The van der Waals surface area contributed by atoms with E-state index in [2.05, 4.69) is 21.0 Å². The number of pyridine rings is 1. The molecule has 0 radical (unpaired) electrons. The topological polar surface area (TPSA) is 80.9 Å². The van der Waals surface area contributed by atoms with E-state index < -0.39 is 11.4 Å². The summed E-state index contributed by atoms with van der Waals surface area (Å²) in [5.74, 6) is -0.407. The number of hydrogen-bond donors (Lipinski definition) is 0. The second kappa shape index (κ2) is 7.07. The van der Waals surface area contributed by atoms with Crippen LogP contribution in [0.4, 0.5) is 4.39 Å². The first-order chi connectivity index (χ1) is 11.6. The van der Waals surface area contributed by atoms with Crippen molar-refractivity contribution in [2.75, 3.05) is 19.8 Å². The van der Waals surface area contributed by atoms with Gasteiger partial charge in [-0.3, -0.25) is 4.98 Å². The van der Waals surface area contributed by atoms with E-state index in [0.29, 0.717) is 37.3 Å². The molecule has 0 aromatic carbocycles. The van der Waals surface area contributed by atoms with Crippen LogP contribution in [-0.4, -0.2) is 34.8 Å². The maximum atomic E-state index is 13.3. The highest BCUT2D eigenvalue weighted by Crippen LogP contribution is 2.31. The zero-order chi connectivity index (χ0) is 17.0. The van der Waals surface area contributed by atoms with Crippen LogP contribution in [0, 0.1) is 22.7 Å². The molecule has 1 aliphatic rings. The summed E-state index contributed by atoms with van der Waals surface area (Å²) < 4.78 is 24.3. The molecule has 124 valence electrons. The molecule has 6 nitrogen and oxygen atoms in total. The lowest BCUT2D eigenvalue weighted by molar-refractivity contribution is 0.0182. The highest BCUT2D eigenvalue weighted by molar-refractivity contribution is 6.33. The number of nitrogens with zero attached hydrogens (tertiary/aromatic N) is 4. The van der Waals surface area contributed by atoms with Crippen molar-refractivity contribution in [1.29, 1.82) is 5.26 Å². The van der Waals surface area contributed by atoms with E-state index in [4.69, 9.17) is 21.1 Å². The van der Waals surface area contributed by atoms with Gasteiger partial charge in [-0.25, -0.2) is 9.97 Å². The van der Waals surface area contributed by atoms with Crippen molar-refractivity contribution >= 4 is 11.6 Å². The van der Waals surface area contributed by atoms with Crippen LogP contribution in [0.15, 0.2) is 24.7 Å². The minimum absolute atomic E-state index is 0.198. The minimum Gasteiger partial charge on any atom is -0.475 e. The van der Waals surface area contributed by atoms with Crippen molar-refractivity contribution in [1.82, 2.24) is 15.0 Å². The molecule has 1 aliphatic heterocycles. The van der Waals surface area contributed by atoms with Gasteiger partial charge in [0.15, 0.2) is 0 Å². The molecule has 0 atom stereocenters. The lowest BCUT2D eigenvalue weighted by Crippen LogP contribution is -2.34. The fraction of sp³-hybridized carbons (Fsp3) is 0.375. The van der Waals surface area contributed by atoms with Crippen molar-refractivity contribution in [2.45, 2.75) is 12.8 Å². The summed E-state index contributed by atoms with van der Waals surface area (Å²) >= 11 is 6.03. The Bertz CT molecular complexity index is 775. The Balaban J connectivity index is 1.78. The lowest BCUT2D eigenvalue weighted by Gasteiger charge is -2.29. The van der Waals surface area contributed by atoms with Crippen LogP contribution in [0.2, 0.25) is 5.02 Å². The average Bonchev–Trinajstić information content (AvgIpc) is 2.63. The highest BCUT2D eigenvalue weighted by Gasteiger charge is 2.33. The Labute approximate surface area is 143 Å². The third-order valence-corrected chi connectivity index (χ3v) is 4.19. The summed E-state index contributed by atoms with van der Waals surface area (Å²) in [7, 11) is 0. The second-order valence-corrected chi connectivity index (χ2v) is 5.93. The van der Waals surface area contributed by atoms with Crippen LogP contribution >= 0.6 is 11.6 Å². The van der Waals surface area contributed by atoms with Crippen molar-refractivity contribution in [2.24, 2.45) is 5.41 Å². The molecule has 0 bridgehead atoms. The Hall–Kier alpha value is -2.30. The van der Waals surface area contributed by atoms with Crippen molar-refractivity contribution in [3.05, 3.63) is 35.6 Å². The fourth-order valence-electron chi connectivity index (χ4n) is 2.42. The van der Waals surface area contributed by atoms with E-state index in [0.717, 1.165) is 0 Å². The summed E-state index contributed by atoms with van der Waals surface area (Å²) in [6, 6.07) is 3.50. The average molecular weight is 349 g/mol. The maximum Gasteiger partial charge on any atom is 0.232 e. The van der Waals surface area contributed by atoms with Gasteiger partial charge in [-0.15, -0.1) is 0 Å². The van der Waals surface area contributed by atoms with Crippen molar-refractivity contribution < 1.29 is 13.9 Å². The number of nitriles is 1. The molecule has 1 fully saturated rings. The van der Waals surface area contributed by atoms with Gasteiger partial charge in [0.05, 0.1) is 34.6 Å². The van der Waals surface area contributed by atoms with Crippen LogP contribution in [0.5, 0.6) is 5.88 Å². The van der Waals surface area contributed by atoms with Crippen molar-refractivity contribution in [3.63, 3.8) is 0 Å². The predicted octanol–water partition coefficient (Wildman–Crippen LogP) is 3.03. The molecule has 0 spiro atoms. The third kappa shape index (κ3) is 3.61. The van der Waals surface area contributed by atoms with Crippen molar-refractivity contribution in [3.8, 4) is 23.2 Å². The Kier molecular flexibility index (Phi) is 4.88. The van der Waals surface area contributed by atoms with Gasteiger partial charge in [0.25, 0.3) is 0 Å². The van der Waals surface area contributed by atoms with Gasteiger partial charge in [0.2, 0.25) is 11.8 Å². The molecule has 2 aromatic heterocycles. The number of hydrogen-bond acceptors (Lipinski definition) is 6. The minimum atomic E-state index is -0.659. The number of halogens is 2. The molecule has 3 rings (SSSR count). The SMILES string of the molecule is N#CC1(COc2cncc(-c3cc(F)ncc3Cl)n2)CCOCC1. The molecule has 0 aliphatic carbocycles. The normalized spacial score (nSPS) is 16.4. The van der Waals surface area contributed by atoms with E-state index in [1.807, 2.05) is 0 Å². The molecule has 0 N–H and O–H groups in total. The lowest BCUT2D eigenvalue weighted by atomic mass is 9.83. The number of rotatable bonds is 4. The van der Waals surface area contributed by atoms with E-state index in [1.165, 1.54) is 24.7 Å². The zero-order valence-electron chi connectivity index (χ0n) is 12.7. The van der Waals surface area contributed by atoms with E-state index in [-0.39, 0.29) is 17.5 Å². The van der Waals surface area contributed by atoms with E-state index in [9.17, 15) is 9.65 Å². The first kappa shape index (κ1) is 16.6. The van der Waals surface area contributed by atoms with Crippen LogP contribution in [-0.2, 0) is 4.74 Å². The standard InChI is InChI=1S/C16H14ClFN4O2/c17-12-6-21-14(18)5-11(12)13-7-20-8-15(22-13)24-10-16(9-19)1-3-23-4-2-16/h5-8H,1-4,10H2.